The van der Waals surface area contributed by atoms with Crippen LogP contribution in [0.1, 0.15) is 17.5 Å². The van der Waals surface area contributed by atoms with Gasteiger partial charge in [0.1, 0.15) is 22.9 Å². The highest BCUT2D eigenvalue weighted by Gasteiger charge is 2.72. The summed E-state index contributed by atoms with van der Waals surface area (Å²) in [6.07, 6.45) is -7.23. The summed E-state index contributed by atoms with van der Waals surface area (Å²) in [6.45, 7) is -0.424. The van der Waals surface area contributed by atoms with Crippen LogP contribution in [0.25, 0.3) is 0 Å². The van der Waals surface area contributed by atoms with Crippen LogP contribution < -0.4 is 23.8 Å². The highest BCUT2D eigenvalue weighted by atomic mass is 35.5. The number of likely N-dealkylation sites (N-methyl/N-ethyl adjacent to an activating group) is 2. The molecule has 3 aromatic carbocycles. The summed E-state index contributed by atoms with van der Waals surface area (Å²) < 4.78 is 99.4. The van der Waals surface area contributed by atoms with E-state index < -0.39 is 67.6 Å². The molecule has 0 aromatic heterocycles. The van der Waals surface area contributed by atoms with Crippen LogP contribution in [0.4, 0.5) is 23.2 Å². The van der Waals surface area contributed by atoms with Crippen LogP contribution in [-0.4, -0.2) is 78.2 Å². The standard InChI is InChI=1S/C30H28ClF4N3O7S/c1-36-27(39)23-14-18(32)16-38(23,2)29(20-7-5-6-8-24(20)44-4)21-13-17(31)9-11-22(21)37(28(29)40)46(41,42)26-12-10-19(43-3)15-25(26)45-30(33,34)35/h5-13,15,18,23H,14,16H2,1-4H3/p+1/t18-,23+,29?,38?/m0/s1. The summed E-state index contributed by atoms with van der Waals surface area (Å²) in [6, 6.07) is 11.4. The molecule has 2 aliphatic rings. The zero-order chi connectivity index (χ0) is 33.8. The van der Waals surface area contributed by atoms with E-state index in [0.29, 0.717) is 4.31 Å². The van der Waals surface area contributed by atoms with Gasteiger partial charge in [-0.15, -0.1) is 13.2 Å². The molecule has 3 aromatic rings. The predicted molar refractivity (Wildman–Crippen MR) is 158 cm³/mol. The lowest BCUT2D eigenvalue weighted by atomic mass is 9.78. The lowest BCUT2D eigenvalue weighted by molar-refractivity contribution is -0.953. The first-order valence-corrected chi connectivity index (χ1v) is 15.6. The zero-order valence-corrected chi connectivity index (χ0v) is 26.5. The van der Waals surface area contributed by atoms with E-state index in [2.05, 4.69) is 10.1 Å². The number of para-hydroxylation sites is 1. The van der Waals surface area contributed by atoms with Crippen LogP contribution in [0.2, 0.25) is 5.02 Å². The Morgan fingerprint density at radius 3 is 2.37 bits per heavy atom. The maximum absolute atomic E-state index is 15.5. The minimum atomic E-state index is -5.32. The highest BCUT2D eigenvalue weighted by Crippen LogP contribution is 2.58. The first-order valence-electron chi connectivity index (χ1n) is 13.7. The van der Waals surface area contributed by atoms with E-state index >= 15 is 9.18 Å². The number of methoxy groups -OCH3 is 2. The first-order chi connectivity index (χ1) is 21.6. The summed E-state index contributed by atoms with van der Waals surface area (Å²) >= 11 is 6.45. The minimum absolute atomic E-state index is 0.0321. The number of nitrogens with one attached hydrogen (secondary N) is 1. The van der Waals surface area contributed by atoms with Gasteiger partial charge >= 0.3 is 12.3 Å². The van der Waals surface area contributed by atoms with Gasteiger partial charge in [-0.1, -0.05) is 23.7 Å². The van der Waals surface area contributed by atoms with Gasteiger partial charge in [-0.2, -0.15) is 4.31 Å². The number of hydrogen-bond acceptors (Lipinski definition) is 7. The van der Waals surface area contributed by atoms with Crippen molar-refractivity contribution in [1.82, 2.24) is 5.32 Å². The molecular weight excluding hydrogens is 658 g/mol. The summed E-state index contributed by atoms with van der Waals surface area (Å²) in [7, 11) is 0.0364. The van der Waals surface area contributed by atoms with Crippen LogP contribution in [0.15, 0.2) is 65.6 Å². The molecular formula is C30H29ClF4N3O7S+. The van der Waals surface area contributed by atoms with Crippen LogP contribution in [-0.2, 0) is 25.2 Å². The van der Waals surface area contributed by atoms with Crippen molar-refractivity contribution < 1.29 is 54.3 Å². The second-order valence-electron chi connectivity index (χ2n) is 10.9. The summed E-state index contributed by atoms with van der Waals surface area (Å²) in [4.78, 5) is 27.6. The molecule has 246 valence electrons. The zero-order valence-electron chi connectivity index (χ0n) is 24.9. The van der Waals surface area contributed by atoms with E-state index in [-0.39, 0.29) is 39.8 Å². The maximum atomic E-state index is 15.5. The van der Waals surface area contributed by atoms with Crippen LogP contribution in [0, 0.1) is 0 Å². The molecule has 0 saturated carbocycles. The Bertz CT molecular complexity index is 1830. The number of benzene rings is 3. The number of ether oxygens (including phenoxy) is 3. The average molecular weight is 687 g/mol. The van der Waals surface area contributed by atoms with Crippen LogP contribution in [0.5, 0.6) is 17.2 Å². The summed E-state index contributed by atoms with van der Waals surface area (Å²) in [5.74, 6) is -3.03. The predicted octanol–water partition coefficient (Wildman–Crippen LogP) is 4.54. The first kappa shape index (κ1) is 33.3. The van der Waals surface area contributed by atoms with E-state index in [1.807, 2.05) is 0 Å². The van der Waals surface area contributed by atoms with Crippen molar-refractivity contribution in [3.63, 3.8) is 0 Å². The van der Waals surface area contributed by atoms with E-state index in [4.69, 9.17) is 21.1 Å². The van der Waals surface area contributed by atoms with Gasteiger partial charge in [-0.25, -0.2) is 12.8 Å². The third-order valence-electron chi connectivity index (χ3n) is 8.51. The van der Waals surface area contributed by atoms with Crippen molar-refractivity contribution in [3.8, 4) is 17.2 Å². The number of carbonyl (C=O) groups is 2. The number of hydrogen-bond donors (Lipinski definition) is 1. The van der Waals surface area contributed by atoms with Crippen molar-refractivity contribution in [2.24, 2.45) is 0 Å². The van der Waals surface area contributed by atoms with E-state index in [1.54, 1.807) is 12.1 Å². The number of halogens is 5. The molecule has 10 nitrogen and oxygen atoms in total. The SMILES string of the molecule is CNC(=O)[C@H]1C[C@H](F)C[N+]1(C)C1(c2ccccc2OC)C(=O)N(S(=O)(=O)c2ccc(OC)cc2OC(F)(F)F)c2ccc(Cl)cc21. The van der Waals surface area contributed by atoms with Crippen molar-refractivity contribution in [1.29, 1.82) is 0 Å². The number of fused-ring (bicyclic) bond motifs is 1. The smallest absolute Gasteiger partial charge is 0.497 e. The third-order valence-corrected chi connectivity index (χ3v) is 10.5. The number of sulfonamides is 1. The van der Waals surface area contributed by atoms with Gasteiger partial charge < -0.3 is 19.5 Å². The topological polar surface area (TPSA) is 111 Å². The minimum Gasteiger partial charge on any atom is -0.497 e. The van der Waals surface area contributed by atoms with Gasteiger partial charge in [0, 0.05) is 24.6 Å². The van der Waals surface area contributed by atoms with Crippen LogP contribution >= 0.6 is 11.6 Å². The summed E-state index contributed by atoms with van der Waals surface area (Å²) in [5, 5.41) is 2.57. The molecule has 1 N–H and O–H groups in total. The molecule has 1 saturated heterocycles. The maximum Gasteiger partial charge on any atom is 0.573 e. The normalized spacial score (nSPS) is 24.5. The molecule has 0 spiro atoms. The molecule has 5 rings (SSSR count). The number of anilines is 1. The number of amides is 2. The lowest BCUT2D eigenvalue weighted by Crippen LogP contribution is -2.69. The van der Waals surface area contributed by atoms with Crippen LogP contribution in [0.3, 0.4) is 0 Å². The third kappa shape index (κ3) is 5.00. The Kier molecular flexibility index (Phi) is 8.41. The highest BCUT2D eigenvalue weighted by molar-refractivity contribution is 7.93. The fourth-order valence-corrected chi connectivity index (χ4v) is 8.41. The fraction of sp³-hybridized carbons (Fsp3) is 0.333. The van der Waals surface area contributed by atoms with Crippen molar-refractivity contribution in [3.05, 3.63) is 76.8 Å². The second kappa shape index (κ2) is 11.6. The van der Waals surface area contributed by atoms with E-state index in [9.17, 15) is 26.4 Å². The lowest BCUT2D eigenvalue weighted by Gasteiger charge is -2.48. The van der Waals surface area contributed by atoms with Gasteiger partial charge in [0.2, 0.25) is 5.54 Å². The molecule has 46 heavy (non-hydrogen) atoms. The fourth-order valence-electron chi connectivity index (χ4n) is 6.68. The number of likely N-dealkylation sites (tertiary alicyclic amines) is 1. The Morgan fingerprint density at radius 2 is 1.74 bits per heavy atom. The quantitative estimate of drug-likeness (QED) is 0.274. The molecule has 16 heteroatoms. The Hall–Kier alpha value is -4.08. The molecule has 0 bridgehead atoms. The molecule has 0 radical (unpaired) electrons. The molecule has 4 atom stereocenters. The number of rotatable bonds is 8. The summed E-state index contributed by atoms with van der Waals surface area (Å²) in [5.41, 5.74) is -2.44. The monoisotopic (exact) mass is 686 g/mol. The van der Waals surface area contributed by atoms with E-state index in [1.165, 1.54) is 51.5 Å². The van der Waals surface area contributed by atoms with Gasteiger partial charge in [-0.3, -0.25) is 14.1 Å². The Balaban J connectivity index is 1.89. The van der Waals surface area contributed by atoms with Gasteiger partial charge in [0.15, 0.2) is 18.0 Å². The molecule has 0 aliphatic carbocycles. The van der Waals surface area contributed by atoms with Gasteiger partial charge in [-0.05, 0) is 42.5 Å². The Morgan fingerprint density at radius 1 is 1.04 bits per heavy atom. The second-order valence-corrected chi connectivity index (χ2v) is 13.1. The van der Waals surface area contributed by atoms with Gasteiger partial charge in [0.05, 0.1) is 38.1 Å². The van der Waals surface area contributed by atoms with Crippen molar-refractivity contribution in [2.45, 2.75) is 35.4 Å². The molecule has 2 heterocycles. The number of alkyl halides is 4. The van der Waals surface area contributed by atoms with E-state index in [0.717, 1.165) is 25.3 Å². The molecule has 1 fully saturated rings. The van der Waals surface area contributed by atoms with Gasteiger partial charge in [0.25, 0.3) is 15.9 Å². The largest absolute Gasteiger partial charge is 0.573 e. The van der Waals surface area contributed by atoms with Crippen molar-refractivity contribution in [2.75, 3.05) is 39.2 Å². The molecule has 2 amide bonds. The number of quaternary nitrogens is 1. The van der Waals surface area contributed by atoms with Crippen molar-refractivity contribution >= 4 is 39.1 Å². The number of nitrogens with zero attached hydrogens (tertiary/aromatic N) is 2. The average Bonchev–Trinajstić information content (AvgIpc) is 3.46. The molecule has 2 unspecified atom stereocenters. The molecule has 2 aliphatic heterocycles. The number of carbonyl (C=O) groups excluding carboxylic acids is 2. The Labute approximate surface area is 267 Å².